The first-order chi connectivity index (χ1) is 5.67. The molecule has 0 aromatic carbocycles. The molecule has 1 fully saturated rings. The predicted octanol–water partition coefficient (Wildman–Crippen LogP) is -0.825. The summed E-state index contributed by atoms with van der Waals surface area (Å²) < 4.78 is 9.86. The summed E-state index contributed by atoms with van der Waals surface area (Å²) in [7, 11) is 0. The Morgan fingerprint density at radius 1 is 1.50 bits per heavy atom. The van der Waals surface area contributed by atoms with Gasteiger partial charge in [-0.3, -0.25) is 4.74 Å². The minimum Gasteiger partial charge on any atom is -0.459 e. The van der Waals surface area contributed by atoms with Crippen molar-refractivity contribution in [3.05, 3.63) is 12.3 Å². The topological polar surface area (TPSA) is 62.2 Å². The molecule has 68 valence electrons. The normalized spacial score (nSPS) is 34.0. The summed E-state index contributed by atoms with van der Waals surface area (Å²) in [5.41, 5.74) is 0. The summed E-state index contributed by atoms with van der Waals surface area (Å²) in [6, 6.07) is 0. The van der Waals surface area contributed by atoms with Crippen molar-refractivity contribution in [3.63, 3.8) is 0 Å². The summed E-state index contributed by atoms with van der Waals surface area (Å²) in [6.45, 7) is 1.28. The third-order valence-electron chi connectivity index (χ3n) is 1.94. The van der Waals surface area contributed by atoms with Crippen molar-refractivity contribution >= 4 is 0 Å². The molecular formula is C7H11NO4. The van der Waals surface area contributed by atoms with Crippen LogP contribution < -0.4 is 0 Å². The van der Waals surface area contributed by atoms with E-state index in [4.69, 9.17) is 19.7 Å². The van der Waals surface area contributed by atoms with E-state index in [0.717, 1.165) is 6.54 Å². The lowest BCUT2D eigenvalue weighted by Gasteiger charge is -2.40. The number of fused-ring (bicyclic) bond motifs is 1. The maximum absolute atomic E-state index is 9.12. The van der Waals surface area contributed by atoms with Crippen LogP contribution in [0.25, 0.3) is 0 Å². The molecule has 0 saturated carbocycles. The van der Waals surface area contributed by atoms with Crippen molar-refractivity contribution in [2.45, 2.75) is 18.8 Å². The number of hydrogen-bond donors (Lipinski definition) is 2. The highest BCUT2D eigenvalue weighted by Gasteiger charge is 2.39. The third-order valence-corrected chi connectivity index (χ3v) is 1.94. The highest BCUT2D eigenvalue weighted by atomic mass is 16.8. The van der Waals surface area contributed by atoms with Gasteiger partial charge < -0.3 is 14.9 Å². The van der Waals surface area contributed by atoms with Gasteiger partial charge in [0, 0.05) is 19.5 Å². The van der Waals surface area contributed by atoms with E-state index in [0.29, 0.717) is 6.54 Å². The van der Waals surface area contributed by atoms with E-state index in [-0.39, 0.29) is 6.42 Å². The largest absolute Gasteiger partial charge is 0.459 e. The Labute approximate surface area is 69.8 Å². The molecular weight excluding hydrogens is 162 g/mol. The molecule has 0 aliphatic carbocycles. The molecule has 0 bridgehead atoms. The number of ether oxygens (including phenoxy) is 2. The van der Waals surface area contributed by atoms with Gasteiger partial charge >= 0.3 is 0 Å². The van der Waals surface area contributed by atoms with E-state index < -0.39 is 12.4 Å². The molecule has 12 heavy (non-hydrogen) atoms. The van der Waals surface area contributed by atoms with E-state index >= 15 is 0 Å². The first-order valence-electron chi connectivity index (χ1n) is 3.84. The van der Waals surface area contributed by atoms with Crippen LogP contribution >= 0.6 is 0 Å². The Morgan fingerprint density at radius 3 is 3.17 bits per heavy atom. The van der Waals surface area contributed by atoms with Crippen molar-refractivity contribution < 1.29 is 19.7 Å². The fraction of sp³-hybridized carbons (Fsp3) is 0.714. The molecule has 2 heterocycles. The zero-order valence-electron chi connectivity index (χ0n) is 6.51. The van der Waals surface area contributed by atoms with Crippen LogP contribution in [-0.2, 0) is 9.47 Å². The highest BCUT2D eigenvalue weighted by Crippen LogP contribution is 2.23. The fourth-order valence-corrected chi connectivity index (χ4v) is 1.28. The summed E-state index contributed by atoms with van der Waals surface area (Å²) in [4.78, 5) is 1.87. The number of nitrogens with zero attached hydrogens (tertiary/aromatic N) is 1. The predicted molar refractivity (Wildman–Crippen MR) is 38.5 cm³/mol. The lowest BCUT2D eigenvalue weighted by molar-refractivity contribution is -0.429. The van der Waals surface area contributed by atoms with E-state index in [9.17, 15) is 0 Å². The van der Waals surface area contributed by atoms with Gasteiger partial charge in [-0.1, -0.05) is 0 Å². The van der Waals surface area contributed by atoms with Crippen molar-refractivity contribution in [1.82, 2.24) is 4.90 Å². The smallest absolute Gasteiger partial charge is 0.283 e. The van der Waals surface area contributed by atoms with Gasteiger partial charge in [-0.05, 0) is 6.08 Å². The summed E-state index contributed by atoms with van der Waals surface area (Å²) >= 11 is 0. The Morgan fingerprint density at radius 2 is 2.33 bits per heavy atom. The maximum atomic E-state index is 9.12. The molecule has 5 nitrogen and oxygen atoms in total. The monoisotopic (exact) mass is 173 g/mol. The molecule has 1 saturated heterocycles. The first-order valence-corrected chi connectivity index (χ1v) is 3.84. The Hall–Kier alpha value is -0.620. The molecule has 0 aromatic heterocycles. The molecule has 0 aromatic rings. The maximum Gasteiger partial charge on any atom is 0.283 e. The first kappa shape index (κ1) is 8.00. The van der Waals surface area contributed by atoms with E-state index in [1.54, 1.807) is 0 Å². The van der Waals surface area contributed by atoms with Gasteiger partial charge in [0.05, 0.1) is 6.26 Å². The van der Waals surface area contributed by atoms with Gasteiger partial charge in [-0.2, -0.15) is 0 Å². The summed E-state index contributed by atoms with van der Waals surface area (Å²) in [6.07, 6.45) is 2.88. The van der Waals surface area contributed by atoms with Crippen LogP contribution in [0.15, 0.2) is 12.3 Å². The van der Waals surface area contributed by atoms with Gasteiger partial charge in [-0.15, -0.1) is 0 Å². The molecule has 5 heteroatoms. The number of aliphatic hydroxyl groups is 2. The van der Waals surface area contributed by atoms with Crippen LogP contribution in [0.3, 0.4) is 0 Å². The van der Waals surface area contributed by atoms with E-state index in [2.05, 4.69) is 0 Å². The van der Waals surface area contributed by atoms with Crippen LogP contribution in [0.2, 0.25) is 0 Å². The van der Waals surface area contributed by atoms with Crippen molar-refractivity contribution in [2.24, 2.45) is 0 Å². The Balaban J connectivity index is 2.05. The van der Waals surface area contributed by atoms with Crippen molar-refractivity contribution in [3.8, 4) is 0 Å². The second kappa shape index (κ2) is 2.70. The summed E-state index contributed by atoms with van der Waals surface area (Å²) in [5, 5.41) is 18.2. The molecule has 0 radical (unpaired) electrons. The van der Waals surface area contributed by atoms with Crippen LogP contribution in [0, 0.1) is 0 Å². The van der Waals surface area contributed by atoms with Gasteiger partial charge in [0.1, 0.15) is 0 Å². The Kier molecular flexibility index (Phi) is 1.80. The highest BCUT2D eigenvalue weighted by molar-refractivity contribution is 4.85. The SMILES string of the molecule is OC1(O)CCN2CC=COC2O1. The molecule has 0 amide bonds. The lowest BCUT2D eigenvalue weighted by Crippen LogP contribution is -2.54. The van der Waals surface area contributed by atoms with Gasteiger partial charge in [0.25, 0.3) is 12.4 Å². The molecule has 2 rings (SSSR count). The van der Waals surface area contributed by atoms with Crippen LogP contribution in [-0.4, -0.2) is 40.6 Å². The van der Waals surface area contributed by atoms with Crippen LogP contribution in [0.5, 0.6) is 0 Å². The summed E-state index contributed by atoms with van der Waals surface area (Å²) in [5.74, 6) is -2.04. The Bertz CT molecular complexity index is 204. The molecule has 1 atom stereocenters. The minimum absolute atomic E-state index is 0.181. The second-order valence-electron chi connectivity index (χ2n) is 2.92. The van der Waals surface area contributed by atoms with E-state index in [1.807, 2.05) is 11.0 Å². The van der Waals surface area contributed by atoms with Gasteiger partial charge in [0.2, 0.25) is 0 Å². The standard InChI is InChI=1S/C7H11NO4/c9-7(10)2-4-8-3-1-5-11-6(8)12-7/h1,5-6,9-10H,2-4H2. The van der Waals surface area contributed by atoms with Gasteiger partial charge in [0.15, 0.2) is 0 Å². The molecule has 2 aliphatic heterocycles. The quantitative estimate of drug-likeness (QED) is 0.468. The van der Waals surface area contributed by atoms with Crippen LogP contribution in [0.4, 0.5) is 0 Å². The van der Waals surface area contributed by atoms with Crippen molar-refractivity contribution in [2.75, 3.05) is 13.1 Å². The van der Waals surface area contributed by atoms with Gasteiger partial charge in [-0.25, -0.2) is 4.90 Å². The fourth-order valence-electron chi connectivity index (χ4n) is 1.28. The molecule has 2 N–H and O–H groups in total. The molecule has 2 aliphatic rings. The third kappa shape index (κ3) is 1.44. The van der Waals surface area contributed by atoms with E-state index in [1.165, 1.54) is 6.26 Å². The molecule has 0 spiro atoms. The lowest BCUT2D eigenvalue weighted by atomic mass is 10.3. The minimum atomic E-state index is -2.04. The van der Waals surface area contributed by atoms with Crippen molar-refractivity contribution in [1.29, 1.82) is 0 Å². The average Bonchev–Trinajstić information content (AvgIpc) is 2.02. The van der Waals surface area contributed by atoms with Crippen LogP contribution in [0.1, 0.15) is 6.42 Å². The average molecular weight is 173 g/mol. The number of hydrogen-bond acceptors (Lipinski definition) is 5. The second-order valence-corrected chi connectivity index (χ2v) is 2.92. The molecule has 1 unspecified atom stereocenters. The zero-order chi connectivity index (χ0) is 8.60. The zero-order valence-corrected chi connectivity index (χ0v) is 6.51. The number of rotatable bonds is 0.